The lowest BCUT2D eigenvalue weighted by molar-refractivity contribution is -0.142. The molecule has 1 fully saturated rings. The molecule has 0 radical (unpaired) electrons. The molecule has 0 saturated carbocycles. The first-order chi connectivity index (χ1) is 14.6. The summed E-state index contributed by atoms with van der Waals surface area (Å²) >= 11 is 0. The number of carbonyl (C=O) groups is 2. The summed E-state index contributed by atoms with van der Waals surface area (Å²) in [6.07, 6.45) is 2.75. The Labute approximate surface area is 178 Å². The van der Waals surface area contributed by atoms with Crippen LogP contribution < -0.4 is 14.8 Å². The Balaban J connectivity index is 1.92. The Morgan fingerprint density at radius 2 is 1.83 bits per heavy atom. The molecule has 30 heavy (non-hydrogen) atoms. The number of likely N-dealkylation sites (tertiary alicyclic amines) is 1. The van der Waals surface area contributed by atoms with Crippen molar-refractivity contribution in [3.63, 3.8) is 0 Å². The van der Waals surface area contributed by atoms with Gasteiger partial charge in [-0.3, -0.25) is 9.59 Å². The number of anilines is 1. The molecule has 2 aromatic carbocycles. The van der Waals surface area contributed by atoms with Crippen LogP contribution in [0, 0.1) is 5.92 Å². The maximum absolute atomic E-state index is 13.3. The first-order valence-electron chi connectivity index (χ1n) is 10.5. The number of carbonyl (C=O) groups excluding carboxylic acids is 2. The van der Waals surface area contributed by atoms with E-state index >= 15 is 0 Å². The molecule has 1 aliphatic rings. The Hall–Kier alpha value is -3.02. The van der Waals surface area contributed by atoms with Gasteiger partial charge in [0, 0.05) is 24.2 Å². The molecule has 0 aliphatic carbocycles. The van der Waals surface area contributed by atoms with Gasteiger partial charge in [-0.05, 0) is 43.2 Å². The van der Waals surface area contributed by atoms with Crippen molar-refractivity contribution in [3.8, 4) is 11.5 Å². The van der Waals surface area contributed by atoms with Gasteiger partial charge in [-0.25, -0.2) is 0 Å². The van der Waals surface area contributed by atoms with Gasteiger partial charge in [0.1, 0.15) is 11.5 Å². The maximum atomic E-state index is 13.3. The second-order valence-corrected chi connectivity index (χ2v) is 7.49. The number of methoxy groups -OCH3 is 2. The summed E-state index contributed by atoms with van der Waals surface area (Å²) < 4.78 is 10.8. The minimum atomic E-state index is -0.363. The van der Waals surface area contributed by atoms with E-state index in [-0.39, 0.29) is 23.8 Å². The predicted octanol–water partition coefficient (Wildman–Crippen LogP) is 4.42. The molecule has 160 valence electrons. The molecule has 2 amide bonds. The number of amides is 2. The Bertz CT molecular complexity index is 866. The van der Waals surface area contributed by atoms with Crippen molar-refractivity contribution < 1.29 is 19.1 Å². The smallest absolute Gasteiger partial charge is 0.229 e. The first kappa shape index (κ1) is 21.7. The number of hydrogen-bond donors (Lipinski definition) is 1. The van der Waals surface area contributed by atoms with Crippen LogP contribution in [0.1, 0.15) is 44.2 Å². The zero-order valence-corrected chi connectivity index (χ0v) is 17.9. The van der Waals surface area contributed by atoms with E-state index in [0.717, 1.165) is 24.2 Å². The van der Waals surface area contributed by atoms with Crippen molar-refractivity contribution in [1.82, 2.24) is 4.90 Å². The average molecular weight is 411 g/mol. The molecular weight excluding hydrogens is 380 g/mol. The molecule has 6 heteroatoms. The summed E-state index contributed by atoms with van der Waals surface area (Å²) in [5.41, 5.74) is 1.58. The van der Waals surface area contributed by atoms with Gasteiger partial charge in [0.05, 0.1) is 26.2 Å². The van der Waals surface area contributed by atoms with E-state index in [9.17, 15) is 9.59 Å². The molecule has 0 spiro atoms. The number of benzene rings is 2. The number of ether oxygens (including phenoxy) is 2. The number of nitrogens with one attached hydrogen (secondary N) is 1. The molecule has 3 rings (SSSR count). The maximum Gasteiger partial charge on any atom is 0.229 e. The van der Waals surface area contributed by atoms with Crippen LogP contribution in [-0.4, -0.2) is 37.5 Å². The monoisotopic (exact) mass is 410 g/mol. The van der Waals surface area contributed by atoms with Crippen LogP contribution in [0.15, 0.2) is 48.5 Å². The van der Waals surface area contributed by atoms with E-state index in [1.54, 1.807) is 14.2 Å². The molecule has 0 bridgehead atoms. The van der Waals surface area contributed by atoms with Gasteiger partial charge in [-0.1, -0.05) is 31.5 Å². The quantitative estimate of drug-likeness (QED) is 0.699. The first-order valence-corrected chi connectivity index (χ1v) is 10.5. The molecule has 2 atom stereocenters. The van der Waals surface area contributed by atoms with Crippen molar-refractivity contribution in [2.45, 2.75) is 38.6 Å². The average Bonchev–Trinajstić information content (AvgIpc) is 2.78. The molecule has 2 aromatic rings. The van der Waals surface area contributed by atoms with Crippen LogP contribution in [-0.2, 0) is 9.59 Å². The van der Waals surface area contributed by atoms with Crippen molar-refractivity contribution in [3.05, 3.63) is 54.1 Å². The largest absolute Gasteiger partial charge is 0.497 e. The van der Waals surface area contributed by atoms with Crippen LogP contribution in [0.25, 0.3) is 0 Å². The normalized spacial score (nSPS) is 18.8. The minimum absolute atomic E-state index is 0.0906. The van der Waals surface area contributed by atoms with Crippen molar-refractivity contribution >= 4 is 17.5 Å². The van der Waals surface area contributed by atoms with Gasteiger partial charge in [-0.15, -0.1) is 0 Å². The summed E-state index contributed by atoms with van der Waals surface area (Å²) in [6.45, 7) is 2.73. The van der Waals surface area contributed by atoms with E-state index in [4.69, 9.17) is 9.47 Å². The Morgan fingerprint density at radius 1 is 1.10 bits per heavy atom. The lowest BCUT2D eigenvalue weighted by Crippen LogP contribution is -2.47. The fourth-order valence-electron chi connectivity index (χ4n) is 4.02. The number of piperidine rings is 1. The van der Waals surface area contributed by atoms with Gasteiger partial charge in [0.25, 0.3) is 0 Å². The van der Waals surface area contributed by atoms with Crippen molar-refractivity contribution in [1.29, 1.82) is 0 Å². The van der Waals surface area contributed by atoms with E-state index in [1.807, 2.05) is 53.4 Å². The second-order valence-electron chi connectivity index (χ2n) is 7.49. The van der Waals surface area contributed by atoms with Crippen molar-refractivity contribution in [2.24, 2.45) is 5.92 Å². The standard InChI is InChI=1S/C24H30N2O4/c1-4-5-16-26-22(27)15-14-20(23(26)19-8-6-7-9-21(19)30-3)24(28)25-17-10-12-18(29-2)13-11-17/h6-13,20,23H,4-5,14-16H2,1-3H3,(H,25,28)/t20-,23+/m1/s1. The van der Waals surface area contributed by atoms with E-state index in [0.29, 0.717) is 30.8 Å². The molecule has 1 heterocycles. The number of hydrogen-bond acceptors (Lipinski definition) is 4. The third kappa shape index (κ3) is 4.75. The van der Waals surface area contributed by atoms with Gasteiger partial charge in [0.15, 0.2) is 0 Å². The van der Waals surface area contributed by atoms with Crippen LogP contribution in [0.2, 0.25) is 0 Å². The molecule has 0 unspecified atom stereocenters. The van der Waals surface area contributed by atoms with Crippen LogP contribution >= 0.6 is 0 Å². The van der Waals surface area contributed by atoms with Gasteiger partial charge in [-0.2, -0.15) is 0 Å². The highest BCUT2D eigenvalue weighted by molar-refractivity contribution is 5.94. The summed E-state index contributed by atoms with van der Waals surface area (Å²) in [6, 6.07) is 14.6. The highest BCUT2D eigenvalue weighted by Gasteiger charge is 2.41. The fraction of sp³-hybridized carbons (Fsp3) is 0.417. The SMILES string of the molecule is CCCCN1C(=O)CC[C@@H](C(=O)Nc2ccc(OC)cc2)[C@@H]1c1ccccc1OC. The molecular formula is C24H30N2O4. The zero-order valence-electron chi connectivity index (χ0n) is 17.9. The summed E-state index contributed by atoms with van der Waals surface area (Å²) in [5, 5.41) is 3.02. The van der Waals surface area contributed by atoms with Gasteiger partial charge in [0.2, 0.25) is 11.8 Å². The summed E-state index contributed by atoms with van der Waals surface area (Å²) in [7, 11) is 3.22. The van der Waals surface area contributed by atoms with E-state index in [1.165, 1.54) is 0 Å². The second kappa shape index (κ2) is 10.1. The topological polar surface area (TPSA) is 67.9 Å². The highest BCUT2D eigenvalue weighted by atomic mass is 16.5. The number of para-hydroxylation sites is 1. The lowest BCUT2D eigenvalue weighted by atomic mass is 9.83. The molecule has 1 N–H and O–H groups in total. The summed E-state index contributed by atoms with van der Waals surface area (Å²) in [4.78, 5) is 28.0. The Morgan fingerprint density at radius 3 is 2.50 bits per heavy atom. The molecule has 6 nitrogen and oxygen atoms in total. The van der Waals surface area contributed by atoms with Gasteiger partial charge < -0.3 is 19.7 Å². The molecule has 0 aromatic heterocycles. The van der Waals surface area contributed by atoms with E-state index in [2.05, 4.69) is 12.2 Å². The molecule has 1 aliphatic heterocycles. The number of rotatable bonds is 8. The van der Waals surface area contributed by atoms with Crippen LogP contribution in [0.5, 0.6) is 11.5 Å². The Kier molecular flexibility index (Phi) is 7.33. The summed E-state index contributed by atoms with van der Waals surface area (Å²) in [5.74, 6) is 1.06. The third-order valence-corrected chi connectivity index (χ3v) is 5.61. The highest BCUT2D eigenvalue weighted by Crippen LogP contribution is 2.41. The fourth-order valence-corrected chi connectivity index (χ4v) is 4.02. The predicted molar refractivity (Wildman–Crippen MR) is 117 cm³/mol. The van der Waals surface area contributed by atoms with Crippen molar-refractivity contribution in [2.75, 3.05) is 26.1 Å². The lowest BCUT2D eigenvalue weighted by Gasteiger charge is -2.41. The van der Waals surface area contributed by atoms with Crippen LogP contribution in [0.4, 0.5) is 5.69 Å². The number of nitrogens with zero attached hydrogens (tertiary/aromatic N) is 1. The van der Waals surface area contributed by atoms with Gasteiger partial charge >= 0.3 is 0 Å². The van der Waals surface area contributed by atoms with E-state index < -0.39 is 0 Å². The number of unbranched alkanes of at least 4 members (excludes halogenated alkanes) is 1. The van der Waals surface area contributed by atoms with Crippen LogP contribution in [0.3, 0.4) is 0 Å². The third-order valence-electron chi connectivity index (χ3n) is 5.61. The minimum Gasteiger partial charge on any atom is -0.497 e. The molecule has 1 saturated heterocycles. The zero-order chi connectivity index (χ0) is 21.5.